The van der Waals surface area contributed by atoms with Gasteiger partial charge in [0.1, 0.15) is 0 Å². The molecule has 1 atom stereocenters. The molecule has 0 N–H and O–H groups in total. The van der Waals surface area contributed by atoms with E-state index in [4.69, 9.17) is 16.3 Å². The Morgan fingerprint density at radius 3 is 2.48 bits per heavy atom. The van der Waals surface area contributed by atoms with Crippen LogP contribution in [0.15, 0.2) is 51.6 Å². The summed E-state index contributed by atoms with van der Waals surface area (Å²) in [4.78, 5) is 6.85. The van der Waals surface area contributed by atoms with Crippen molar-refractivity contribution in [2.45, 2.75) is 16.7 Å². The average molecular weight is 424 g/mol. The molecule has 1 unspecified atom stereocenters. The summed E-state index contributed by atoms with van der Waals surface area (Å²) in [5, 5.41) is 2.82. The molecule has 0 aliphatic rings. The molecule has 0 aliphatic carbocycles. The summed E-state index contributed by atoms with van der Waals surface area (Å²) in [5.74, 6) is 0.861. The van der Waals surface area contributed by atoms with Crippen molar-refractivity contribution >= 4 is 55.3 Å². The number of nitrogens with zero attached hydrogens (tertiary/aromatic N) is 1. The monoisotopic (exact) mass is 423 g/mol. The van der Waals surface area contributed by atoms with Crippen LogP contribution in [0.25, 0.3) is 11.3 Å². The van der Waals surface area contributed by atoms with E-state index in [1.807, 2.05) is 30.3 Å². The molecule has 0 radical (unpaired) electrons. The zero-order valence-electron chi connectivity index (χ0n) is 12.7. The van der Waals surface area contributed by atoms with Crippen LogP contribution in [0.3, 0.4) is 0 Å². The van der Waals surface area contributed by atoms with Crippen LogP contribution < -0.4 is 8.53 Å². The quantitative estimate of drug-likeness (QED) is 0.587. The summed E-state index contributed by atoms with van der Waals surface area (Å²) in [7, 11) is 1.67. The fourth-order valence-corrected chi connectivity index (χ4v) is 4.94. The van der Waals surface area contributed by atoms with Gasteiger partial charge in [-0.05, 0) is 0 Å². The molecule has 3 rings (SSSR count). The predicted octanol–water partition coefficient (Wildman–Crippen LogP) is 4.19. The van der Waals surface area contributed by atoms with Crippen LogP contribution in [-0.4, -0.2) is 28.9 Å². The minimum atomic E-state index is 0.749. The van der Waals surface area contributed by atoms with Crippen LogP contribution in [0.4, 0.5) is 0 Å². The molecule has 2 aromatic carbocycles. The number of rotatable bonds is 4. The second-order valence-electron chi connectivity index (χ2n) is 4.95. The van der Waals surface area contributed by atoms with Crippen molar-refractivity contribution < 1.29 is 4.74 Å². The Morgan fingerprint density at radius 2 is 1.91 bits per heavy atom. The molecule has 0 saturated heterocycles. The van der Waals surface area contributed by atoms with Crippen LogP contribution in [-0.2, 0) is 0 Å². The summed E-state index contributed by atoms with van der Waals surface area (Å²) in [6.07, 6.45) is 0. The van der Waals surface area contributed by atoms with Crippen LogP contribution in [0.2, 0.25) is 5.02 Å². The molecule has 0 amide bonds. The van der Waals surface area contributed by atoms with Gasteiger partial charge in [-0.2, -0.15) is 0 Å². The van der Waals surface area contributed by atoms with Gasteiger partial charge in [0.15, 0.2) is 0 Å². The number of hydrogen-bond acceptors (Lipinski definition) is 4. The van der Waals surface area contributed by atoms with Gasteiger partial charge < -0.3 is 4.74 Å². The van der Waals surface area contributed by atoms with Crippen molar-refractivity contribution in [3.8, 4) is 17.0 Å². The van der Waals surface area contributed by atoms with E-state index in [-0.39, 0.29) is 0 Å². The van der Waals surface area contributed by atoms with E-state index in [9.17, 15) is 0 Å². The standard InChI is InChI=1S/C17H15AsClNOS2/c1-10-7-13(23-12-5-3-11(21-2)4-6-12)8-14(19)16(10)15-9-22-17(18)20-15/h3-9H,18H2,1-2H3. The first-order chi connectivity index (χ1) is 11.1. The van der Waals surface area contributed by atoms with Crippen LogP contribution in [0, 0.1) is 6.92 Å². The third kappa shape index (κ3) is 3.94. The van der Waals surface area contributed by atoms with Gasteiger partial charge >= 0.3 is 146 Å². The van der Waals surface area contributed by atoms with E-state index in [1.165, 1.54) is 0 Å². The van der Waals surface area contributed by atoms with Crippen LogP contribution in [0.1, 0.15) is 5.56 Å². The molecule has 6 heteroatoms. The van der Waals surface area contributed by atoms with Crippen molar-refractivity contribution in [3.63, 3.8) is 0 Å². The maximum absolute atomic E-state index is 6.53. The van der Waals surface area contributed by atoms with Gasteiger partial charge in [-0.1, -0.05) is 0 Å². The molecule has 0 saturated carbocycles. The fourth-order valence-electron chi connectivity index (χ4n) is 2.28. The summed E-state index contributed by atoms with van der Waals surface area (Å²) < 4.78 is 6.30. The fraction of sp³-hybridized carbons (Fsp3) is 0.118. The summed E-state index contributed by atoms with van der Waals surface area (Å²) in [5.41, 5.74) is 3.15. The van der Waals surface area contributed by atoms with Gasteiger partial charge in [0.2, 0.25) is 0 Å². The topological polar surface area (TPSA) is 22.1 Å². The molecule has 118 valence electrons. The predicted molar refractivity (Wildman–Crippen MR) is 103 cm³/mol. The first kappa shape index (κ1) is 16.9. The van der Waals surface area contributed by atoms with Gasteiger partial charge in [-0.25, -0.2) is 0 Å². The Labute approximate surface area is 157 Å². The number of aryl methyl sites for hydroxylation is 1. The summed E-state index contributed by atoms with van der Waals surface area (Å²) >= 11 is 11.4. The number of halogens is 1. The third-order valence-electron chi connectivity index (χ3n) is 3.33. The van der Waals surface area contributed by atoms with E-state index >= 15 is 0 Å². The van der Waals surface area contributed by atoms with Gasteiger partial charge in [-0.15, -0.1) is 0 Å². The molecule has 1 heterocycles. The van der Waals surface area contributed by atoms with Gasteiger partial charge in [-0.3, -0.25) is 0 Å². The third-order valence-corrected chi connectivity index (χ3v) is 6.41. The molecule has 23 heavy (non-hydrogen) atoms. The Morgan fingerprint density at radius 1 is 1.17 bits per heavy atom. The van der Waals surface area contributed by atoms with Gasteiger partial charge in [0, 0.05) is 0 Å². The normalized spacial score (nSPS) is 10.8. The molecular weight excluding hydrogens is 409 g/mol. The molecule has 1 aromatic heterocycles. The van der Waals surface area contributed by atoms with E-state index in [2.05, 4.69) is 23.4 Å². The Kier molecular flexibility index (Phi) is 5.37. The van der Waals surface area contributed by atoms with Crippen molar-refractivity contribution in [1.29, 1.82) is 0 Å². The van der Waals surface area contributed by atoms with E-state index < -0.39 is 0 Å². The second kappa shape index (κ2) is 7.31. The van der Waals surface area contributed by atoms with E-state index in [1.54, 1.807) is 47.1 Å². The van der Waals surface area contributed by atoms with Crippen LogP contribution in [0.5, 0.6) is 5.75 Å². The Hall–Kier alpha value is -0.932. The first-order valence-electron chi connectivity index (χ1n) is 6.90. The van der Waals surface area contributed by atoms with Gasteiger partial charge in [0.05, 0.1) is 7.11 Å². The molecule has 3 aromatic rings. The molecule has 0 bridgehead atoms. The number of methoxy groups -OCH3 is 1. The van der Waals surface area contributed by atoms with E-state index in [0.717, 1.165) is 41.2 Å². The van der Waals surface area contributed by atoms with Crippen molar-refractivity contribution in [1.82, 2.24) is 4.98 Å². The molecule has 0 fully saturated rings. The number of benzene rings is 2. The van der Waals surface area contributed by atoms with Gasteiger partial charge in [0.25, 0.3) is 0 Å². The SMILES string of the molecule is COc1ccc(Sc2cc(C)c(-c3csc([AsH2])n3)c(Cl)c2)cc1. The molecular formula is C17H15AsClNOS2. The number of hydrogen-bond donors (Lipinski definition) is 0. The summed E-state index contributed by atoms with van der Waals surface area (Å²) in [6.45, 7) is 2.08. The minimum absolute atomic E-state index is 0.749. The zero-order chi connectivity index (χ0) is 16.4. The van der Waals surface area contributed by atoms with Crippen molar-refractivity contribution in [2.75, 3.05) is 7.11 Å². The number of ether oxygens (including phenoxy) is 1. The molecule has 2 nitrogen and oxygen atoms in total. The zero-order valence-corrected chi connectivity index (χ0v) is 17.5. The van der Waals surface area contributed by atoms with Crippen LogP contribution >= 0.6 is 34.7 Å². The number of thiazole rings is 1. The average Bonchev–Trinajstić information content (AvgIpc) is 2.93. The van der Waals surface area contributed by atoms with Crippen molar-refractivity contribution in [3.05, 3.63) is 52.4 Å². The first-order valence-corrected chi connectivity index (χ1v) is 10.2. The van der Waals surface area contributed by atoms with Crippen molar-refractivity contribution in [2.24, 2.45) is 0 Å². The van der Waals surface area contributed by atoms with E-state index in [0.29, 0.717) is 0 Å². The number of aromatic nitrogens is 1. The Balaban J connectivity index is 1.89. The molecule has 0 aliphatic heterocycles. The second-order valence-corrected chi connectivity index (χ2v) is 9.41. The Bertz CT molecular complexity index is 810. The maximum atomic E-state index is 6.53. The summed E-state index contributed by atoms with van der Waals surface area (Å²) in [6, 6.07) is 12.2. The molecule has 0 spiro atoms.